The van der Waals surface area contributed by atoms with Gasteiger partial charge in [0.15, 0.2) is 5.82 Å². The number of hydrogen-bond acceptors (Lipinski definition) is 8. The highest BCUT2D eigenvalue weighted by Gasteiger charge is 2.53. The lowest BCUT2D eigenvalue weighted by atomic mass is 9.93. The third kappa shape index (κ3) is 3.30. The average Bonchev–Trinajstić information content (AvgIpc) is 3.40. The fourth-order valence-corrected chi connectivity index (χ4v) is 7.37. The Morgan fingerprint density at radius 2 is 2.19 bits per heavy atom. The number of rotatable bonds is 3. The summed E-state index contributed by atoms with van der Waals surface area (Å²) in [6.07, 6.45) is 1.15. The van der Waals surface area contributed by atoms with E-state index in [2.05, 4.69) is 21.4 Å². The topological polar surface area (TPSA) is 104 Å². The number of pyridine rings is 1. The van der Waals surface area contributed by atoms with Crippen LogP contribution in [0.2, 0.25) is 0 Å². The highest BCUT2D eigenvalue weighted by Crippen LogP contribution is 2.46. The van der Waals surface area contributed by atoms with Crippen molar-refractivity contribution in [3.63, 3.8) is 0 Å². The number of piperazine rings is 1. The van der Waals surface area contributed by atoms with Crippen LogP contribution in [0, 0.1) is 5.82 Å². The van der Waals surface area contributed by atoms with E-state index in [1.807, 2.05) is 11.8 Å². The van der Waals surface area contributed by atoms with Crippen LogP contribution in [0.15, 0.2) is 18.3 Å². The normalized spacial score (nSPS) is 34.4. The summed E-state index contributed by atoms with van der Waals surface area (Å²) in [7, 11) is 0. The predicted octanol–water partition coefficient (Wildman–Crippen LogP) is 2.77. The molecule has 196 valence electrons. The molecule has 0 aliphatic carbocycles. The molecule has 12 heteroatoms. The van der Waals surface area contributed by atoms with E-state index in [9.17, 15) is 14.3 Å². The van der Waals surface area contributed by atoms with Crippen LogP contribution < -0.4 is 14.4 Å². The van der Waals surface area contributed by atoms with Crippen molar-refractivity contribution in [1.29, 1.82) is 0 Å². The first-order valence-corrected chi connectivity index (χ1v) is 12.7. The molecule has 1 N–H and O–H groups in total. The molecule has 0 saturated carbocycles. The Morgan fingerprint density at radius 1 is 1.35 bits per heavy atom. The van der Waals surface area contributed by atoms with Crippen molar-refractivity contribution in [2.24, 2.45) is 0 Å². The number of halogens is 2. The minimum absolute atomic E-state index is 0.00555. The smallest absolute Gasteiger partial charge is 0.407 e. The Kier molecular flexibility index (Phi) is 4.86. The summed E-state index contributed by atoms with van der Waals surface area (Å²) in [6, 6.07) is -0.849. The molecule has 2 aromatic heterocycles. The maximum atomic E-state index is 15.1. The lowest BCUT2D eigenvalue weighted by Crippen LogP contribution is -2.64. The fourth-order valence-electron chi connectivity index (χ4n) is 7.37. The van der Waals surface area contributed by atoms with Crippen LogP contribution in [0.4, 0.5) is 19.4 Å². The molecule has 2 bridgehead atoms. The lowest BCUT2D eigenvalue weighted by molar-refractivity contribution is 0.0705. The minimum atomic E-state index is -0.952. The minimum Gasteiger partial charge on any atom is -0.472 e. The zero-order valence-electron chi connectivity index (χ0n) is 20.4. The summed E-state index contributed by atoms with van der Waals surface area (Å²) in [5, 5.41) is 10.2. The SMILES string of the molecule is C=C1CN2C[C@H](F)CC2(COc2nc3c4c(ncc(F)c4n2)OC(C)C2C4CCC(CN32)N4C(=O)O)C1. The van der Waals surface area contributed by atoms with E-state index in [4.69, 9.17) is 14.5 Å². The number of carbonyl (C=O) groups is 1. The second kappa shape index (κ2) is 7.86. The van der Waals surface area contributed by atoms with Gasteiger partial charge in [-0.2, -0.15) is 9.97 Å². The van der Waals surface area contributed by atoms with Gasteiger partial charge in [-0.15, -0.1) is 0 Å². The van der Waals surface area contributed by atoms with Crippen LogP contribution in [0.25, 0.3) is 10.9 Å². The van der Waals surface area contributed by atoms with Crippen LogP contribution in [0.3, 0.4) is 0 Å². The Labute approximate surface area is 211 Å². The van der Waals surface area contributed by atoms with Gasteiger partial charge in [-0.05, 0) is 26.2 Å². The third-order valence-corrected chi connectivity index (χ3v) is 8.74. The summed E-state index contributed by atoms with van der Waals surface area (Å²) in [5.74, 6) is 0.0107. The van der Waals surface area contributed by atoms with Crippen molar-refractivity contribution >= 4 is 22.8 Å². The van der Waals surface area contributed by atoms with Gasteiger partial charge in [0.25, 0.3) is 0 Å². The van der Waals surface area contributed by atoms with E-state index >= 15 is 4.39 Å². The first-order valence-electron chi connectivity index (χ1n) is 12.7. The molecular weight excluding hydrogens is 486 g/mol. The Hall–Kier alpha value is -3.28. The van der Waals surface area contributed by atoms with Crippen LogP contribution in [0.1, 0.15) is 32.6 Å². The van der Waals surface area contributed by atoms with Gasteiger partial charge in [0, 0.05) is 26.1 Å². The van der Waals surface area contributed by atoms with Gasteiger partial charge in [0.2, 0.25) is 5.88 Å². The van der Waals surface area contributed by atoms with Crippen molar-refractivity contribution in [3.8, 4) is 11.9 Å². The molecule has 0 radical (unpaired) electrons. The molecule has 37 heavy (non-hydrogen) atoms. The molecule has 5 aliphatic rings. The van der Waals surface area contributed by atoms with Crippen molar-refractivity contribution in [2.45, 2.75) is 68.5 Å². The maximum absolute atomic E-state index is 15.1. The van der Waals surface area contributed by atoms with Gasteiger partial charge in [-0.25, -0.2) is 18.6 Å². The summed E-state index contributed by atoms with van der Waals surface area (Å²) in [4.78, 5) is 31.0. The number of nitrogens with zero attached hydrogens (tertiary/aromatic N) is 6. The second-order valence-corrected chi connectivity index (χ2v) is 11.0. The molecular formula is C25H28F2N6O4. The highest BCUT2D eigenvalue weighted by atomic mass is 19.1. The first kappa shape index (κ1) is 22.9. The van der Waals surface area contributed by atoms with E-state index in [-0.39, 0.29) is 42.1 Å². The standard InChI is InChI=1S/C25H28F2N6O4/c1-12-5-25(6-14(26)9-31(25)8-12)11-36-23-29-19-16(27)7-28-22-18(19)21(30-23)32-10-15-3-4-17(33(15)24(34)35)20(32)13(2)37-22/h7,13-15,17,20H,1,3-6,8-11H2,2H3,(H,34,35)/t13?,14-,15?,17?,20?,25?/m1/s1. The monoisotopic (exact) mass is 514 g/mol. The van der Waals surface area contributed by atoms with Crippen molar-refractivity contribution in [1.82, 2.24) is 24.8 Å². The molecule has 4 fully saturated rings. The third-order valence-electron chi connectivity index (χ3n) is 8.74. The van der Waals surface area contributed by atoms with Crippen LogP contribution in [0.5, 0.6) is 11.9 Å². The quantitative estimate of drug-likeness (QED) is 0.619. The molecule has 2 aromatic rings. The highest BCUT2D eigenvalue weighted by molar-refractivity contribution is 5.95. The molecule has 1 amide bonds. The Morgan fingerprint density at radius 3 is 3.00 bits per heavy atom. The Bertz CT molecular complexity index is 1330. The van der Waals surface area contributed by atoms with Crippen LogP contribution in [-0.2, 0) is 0 Å². The van der Waals surface area contributed by atoms with Crippen molar-refractivity contribution in [3.05, 3.63) is 24.2 Å². The predicted molar refractivity (Wildman–Crippen MR) is 128 cm³/mol. The van der Waals surface area contributed by atoms with Gasteiger partial charge < -0.3 is 19.5 Å². The lowest BCUT2D eigenvalue weighted by Gasteiger charge is -2.47. The molecule has 5 aliphatic heterocycles. The molecule has 4 saturated heterocycles. The number of anilines is 1. The largest absolute Gasteiger partial charge is 0.472 e. The summed E-state index contributed by atoms with van der Waals surface area (Å²) in [6.45, 7) is 7.48. The van der Waals surface area contributed by atoms with E-state index in [0.717, 1.165) is 18.2 Å². The number of fused-ring (bicyclic) bond motifs is 6. The number of aromatic nitrogens is 3. The number of amides is 1. The molecule has 6 atom stereocenters. The van der Waals surface area contributed by atoms with Crippen molar-refractivity contribution < 1.29 is 28.2 Å². The number of alkyl halides is 1. The van der Waals surface area contributed by atoms with E-state index in [1.165, 1.54) is 4.90 Å². The summed E-state index contributed by atoms with van der Waals surface area (Å²) < 4.78 is 41.7. The molecule has 7 heterocycles. The van der Waals surface area contributed by atoms with Gasteiger partial charge in [-0.3, -0.25) is 9.80 Å². The van der Waals surface area contributed by atoms with Gasteiger partial charge >= 0.3 is 12.1 Å². The number of ether oxygens (including phenoxy) is 2. The summed E-state index contributed by atoms with van der Waals surface area (Å²) >= 11 is 0. The second-order valence-electron chi connectivity index (χ2n) is 11.0. The van der Waals surface area contributed by atoms with Gasteiger partial charge in [0.05, 0.1) is 29.9 Å². The average molecular weight is 515 g/mol. The van der Waals surface area contributed by atoms with E-state index in [1.54, 1.807) is 0 Å². The first-order chi connectivity index (χ1) is 17.7. The van der Waals surface area contributed by atoms with Crippen molar-refractivity contribution in [2.75, 3.05) is 31.1 Å². The number of hydrogen-bond donors (Lipinski definition) is 1. The Balaban J connectivity index is 1.30. The molecule has 0 spiro atoms. The maximum Gasteiger partial charge on any atom is 0.407 e. The zero-order valence-corrected chi connectivity index (χ0v) is 20.4. The molecule has 0 aromatic carbocycles. The summed E-state index contributed by atoms with van der Waals surface area (Å²) in [5.41, 5.74) is 0.548. The fraction of sp³-hybridized carbons (Fsp3) is 0.600. The van der Waals surface area contributed by atoms with Gasteiger partial charge in [0.1, 0.15) is 35.6 Å². The molecule has 10 nitrogen and oxygen atoms in total. The van der Waals surface area contributed by atoms with Crippen LogP contribution >= 0.6 is 0 Å². The van der Waals surface area contributed by atoms with Gasteiger partial charge in [-0.1, -0.05) is 12.2 Å². The zero-order chi connectivity index (χ0) is 25.6. The van der Waals surface area contributed by atoms with E-state index < -0.39 is 29.7 Å². The van der Waals surface area contributed by atoms with E-state index in [0.29, 0.717) is 50.1 Å². The number of carboxylic acid groups (broad SMARTS) is 1. The van der Waals surface area contributed by atoms with Crippen LogP contribution in [-0.4, -0.2) is 98.1 Å². The molecule has 5 unspecified atom stereocenters. The molecule has 7 rings (SSSR count).